The molecule has 0 bridgehead atoms. The zero-order valence-electron chi connectivity index (χ0n) is 20.5. The van der Waals surface area contributed by atoms with Crippen molar-refractivity contribution >= 4 is 35.1 Å². The molecule has 2 aliphatic rings. The smallest absolute Gasteiger partial charge is 0.256 e. The van der Waals surface area contributed by atoms with E-state index in [1.54, 1.807) is 26.8 Å². The van der Waals surface area contributed by atoms with Crippen molar-refractivity contribution in [2.24, 2.45) is 0 Å². The fourth-order valence-electron chi connectivity index (χ4n) is 4.96. The highest BCUT2D eigenvalue weighted by Gasteiger charge is 2.28. The zero-order chi connectivity index (χ0) is 25.3. The van der Waals surface area contributed by atoms with Gasteiger partial charge in [-0.05, 0) is 76.5 Å². The fraction of sp³-hybridized carbons (Fsp3) is 0.423. The number of benzene rings is 1. The first-order valence-corrected chi connectivity index (χ1v) is 12.0. The number of aromatic amines is 1. The van der Waals surface area contributed by atoms with Crippen molar-refractivity contribution in [3.63, 3.8) is 0 Å². The first-order valence-electron chi connectivity index (χ1n) is 12.0. The Balaban J connectivity index is 1.46. The normalized spacial score (nSPS) is 19.5. The van der Waals surface area contributed by atoms with E-state index in [-0.39, 0.29) is 17.7 Å². The Morgan fingerprint density at radius 1 is 1.31 bits per heavy atom. The topological polar surface area (TPSA) is 106 Å². The lowest BCUT2D eigenvalue weighted by molar-refractivity contribution is -0.122. The molecule has 35 heavy (non-hydrogen) atoms. The number of H-pyrrole nitrogens is 1. The number of halogens is 1. The Morgan fingerprint density at radius 3 is 2.83 bits per heavy atom. The maximum absolute atomic E-state index is 13.8. The van der Waals surface area contributed by atoms with Crippen molar-refractivity contribution in [1.82, 2.24) is 20.5 Å². The molecule has 0 radical (unpaired) electrons. The van der Waals surface area contributed by atoms with Gasteiger partial charge in [0.05, 0.1) is 11.1 Å². The zero-order valence-corrected chi connectivity index (χ0v) is 20.5. The molecule has 2 atom stereocenters. The van der Waals surface area contributed by atoms with Gasteiger partial charge in [-0.25, -0.2) is 4.39 Å². The van der Waals surface area contributed by atoms with Crippen molar-refractivity contribution in [3.05, 3.63) is 52.1 Å². The van der Waals surface area contributed by atoms with Gasteiger partial charge in [0, 0.05) is 35.2 Å². The van der Waals surface area contributed by atoms with Crippen LogP contribution in [0, 0.1) is 19.7 Å². The highest BCUT2D eigenvalue weighted by Crippen LogP contribution is 2.34. The molecule has 1 aromatic heterocycles. The van der Waals surface area contributed by atoms with E-state index in [2.05, 4.69) is 32.8 Å². The van der Waals surface area contributed by atoms with Gasteiger partial charge in [0.1, 0.15) is 11.9 Å². The molecule has 4 rings (SSSR count). The van der Waals surface area contributed by atoms with Crippen molar-refractivity contribution in [2.75, 3.05) is 25.0 Å². The summed E-state index contributed by atoms with van der Waals surface area (Å²) in [4.78, 5) is 43.6. The summed E-state index contributed by atoms with van der Waals surface area (Å²) in [5, 5.41) is 8.46. The van der Waals surface area contributed by atoms with Gasteiger partial charge in [-0.2, -0.15) is 0 Å². The maximum atomic E-state index is 13.8. The second kappa shape index (κ2) is 10.0. The third-order valence-electron chi connectivity index (χ3n) is 6.91. The summed E-state index contributed by atoms with van der Waals surface area (Å²) in [6, 6.07) is 3.75. The summed E-state index contributed by atoms with van der Waals surface area (Å²) in [5.74, 6) is -1.37. The standard InChI is InChI=1S/C26H32FN5O3/c1-5-32-10-6-7-18(32)13-28-24(33)16(4)30-26(35)23-14(2)22(29-15(23)3)12-20-19-11-17(27)8-9-21(19)31-25(20)34/h8-9,11-12,16,18,29H,5-7,10,13H2,1-4H3,(H,28,33)(H,30,35)(H,31,34)/b20-12-. The van der Waals surface area contributed by atoms with Crippen LogP contribution < -0.4 is 16.0 Å². The summed E-state index contributed by atoms with van der Waals surface area (Å²) in [6.45, 7) is 9.89. The van der Waals surface area contributed by atoms with Crippen LogP contribution >= 0.6 is 0 Å². The average Bonchev–Trinajstić information content (AvgIpc) is 3.48. The molecule has 0 saturated carbocycles. The first kappa shape index (κ1) is 24.7. The Bertz CT molecular complexity index is 1200. The fourth-order valence-corrected chi connectivity index (χ4v) is 4.96. The van der Waals surface area contributed by atoms with Crippen LogP contribution in [0.15, 0.2) is 18.2 Å². The Kier molecular flexibility index (Phi) is 7.07. The van der Waals surface area contributed by atoms with Crippen molar-refractivity contribution in [1.29, 1.82) is 0 Å². The molecule has 8 nitrogen and oxygen atoms in total. The van der Waals surface area contributed by atoms with Crippen LogP contribution in [0.3, 0.4) is 0 Å². The monoisotopic (exact) mass is 481 g/mol. The van der Waals surface area contributed by atoms with Crippen LogP contribution in [-0.4, -0.2) is 59.3 Å². The molecule has 1 fully saturated rings. The Morgan fingerprint density at radius 2 is 2.09 bits per heavy atom. The number of anilines is 1. The second-order valence-corrected chi connectivity index (χ2v) is 9.23. The minimum absolute atomic E-state index is 0.226. The van der Waals surface area contributed by atoms with Gasteiger partial charge in [0.25, 0.3) is 11.8 Å². The van der Waals surface area contributed by atoms with Crippen molar-refractivity contribution in [2.45, 2.75) is 52.6 Å². The number of nitrogens with zero attached hydrogens (tertiary/aromatic N) is 1. The lowest BCUT2D eigenvalue weighted by Gasteiger charge is -2.24. The molecule has 3 heterocycles. The van der Waals surface area contributed by atoms with E-state index in [0.29, 0.717) is 51.9 Å². The van der Waals surface area contributed by atoms with Crippen LogP contribution in [0.4, 0.5) is 10.1 Å². The number of carbonyl (C=O) groups is 3. The second-order valence-electron chi connectivity index (χ2n) is 9.23. The van der Waals surface area contributed by atoms with Crippen LogP contribution in [0.1, 0.15) is 59.6 Å². The number of carbonyl (C=O) groups excluding carboxylic acids is 3. The number of hydrogen-bond donors (Lipinski definition) is 4. The minimum atomic E-state index is -0.704. The molecule has 0 spiro atoms. The average molecular weight is 482 g/mol. The van der Waals surface area contributed by atoms with Gasteiger partial charge in [-0.3, -0.25) is 19.3 Å². The predicted molar refractivity (Wildman–Crippen MR) is 133 cm³/mol. The number of aryl methyl sites for hydroxylation is 1. The van der Waals surface area contributed by atoms with Crippen molar-refractivity contribution in [3.8, 4) is 0 Å². The van der Waals surface area contributed by atoms with E-state index in [1.165, 1.54) is 18.2 Å². The van der Waals surface area contributed by atoms with E-state index in [9.17, 15) is 18.8 Å². The summed E-state index contributed by atoms with van der Waals surface area (Å²) < 4.78 is 13.8. The number of aromatic nitrogens is 1. The van der Waals surface area contributed by atoms with Crippen LogP contribution in [0.5, 0.6) is 0 Å². The lowest BCUT2D eigenvalue weighted by atomic mass is 10.0. The molecule has 4 N–H and O–H groups in total. The number of amides is 3. The first-order chi connectivity index (χ1) is 16.7. The summed E-state index contributed by atoms with van der Waals surface area (Å²) in [7, 11) is 0. The molecule has 2 aromatic rings. The molecule has 1 aromatic carbocycles. The van der Waals surface area contributed by atoms with Crippen LogP contribution in [0.25, 0.3) is 11.6 Å². The number of hydrogen-bond acceptors (Lipinski definition) is 4. The third kappa shape index (κ3) is 5.00. The quantitative estimate of drug-likeness (QED) is 0.456. The van der Waals surface area contributed by atoms with Gasteiger partial charge >= 0.3 is 0 Å². The summed E-state index contributed by atoms with van der Waals surface area (Å²) in [6.07, 6.45) is 3.81. The summed E-state index contributed by atoms with van der Waals surface area (Å²) >= 11 is 0. The molecule has 2 aliphatic heterocycles. The number of rotatable bonds is 7. The highest BCUT2D eigenvalue weighted by atomic mass is 19.1. The molecule has 2 unspecified atom stereocenters. The van der Waals surface area contributed by atoms with E-state index in [1.807, 2.05) is 0 Å². The molecule has 186 valence electrons. The molecular weight excluding hydrogens is 449 g/mol. The Hall–Kier alpha value is -3.46. The van der Waals surface area contributed by atoms with Crippen LogP contribution in [0.2, 0.25) is 0 Å². The molecule has 9 heteroatoms. The number of likely N-dealkylation sites (tertiary alicyclic amines) is 1. The molecule has 3 amide bonds. The number of likely N-dealkylation sites (N-methyl/N-ethyl adjacent to an activating group) is 1. The van der Waals surface area contributed by atoms with Crippen LogP contribution in [-0.2, 0) is 9.59 Å². The third-order valence-corrected chi connectivity index (χ3v) is 6.91. The molecule has 0 aliphatic carbocycles. The van der Waals surface area contributed by atoms with E-state index >= 15 is 0 Å². The van der Waals surface area contributed by atoms with E-state index in [0.717, 1.165) is 25.9 Å². The molecular formula is C26H32FN5O3. The molecule has 1 saturated heterocycles. The number of fused-ring (bicyclic) bond motifs is 1. The lowest BCUT2D eigenvalue weighted by Crippen LogP contribution is -2.48. The van der Waals surface area contributed by atoms with Crippen molar-refractivity contribution < 1.29 is 18.8 Å². The Labute approximate surface area is 204 Å². The van der Waals surface area contributed by atoms with Gasteiger partial charge < -0.3 is 20.9 Å². The summed E-state index contributed by atoms with van der Waals surface area (Å²) in [5.41, 5.74) is 3.58. The number of nitrogens with one attached hydrogen (secondary N) is 4. The predicted octanol–water partition coefficient (Wildman–Crippen LogP) is 2.98. The van der Waals surface area contributed by atoms with Gasteiger partial charge in [-0.15, -0.1) is 0 Å². The maximum Gasteiger partial charge on any atom is 0.256 e. The SMILES string of the molecule is CCN1CCCC1CNC(=O)C(C)NC(=O)c1c(C)[nH]c(/C=C2\C(=O)Nc3ccc(F)cc32)c1C. The minimum Gasteiger partial charge on any atom is -0.358 e. The van der Waals surface area contributed by atoms with Gasteiger partial charge in [0.2, 0.25) is 5.91 Å². The van der Waals surface area contributed by atoms with Gasteiger partial charge in [0.15, 0.2) is 0 Å². The largest absolute Gasteiger partial charge is 0.358 e. The van der Waals surface area contributed by atoms with E-state index < -0.39 is 11.9 Å². The van der Waals surface area contributed by atoms with Gasteiger partial charge in [-0.1, -0.05) is 6.92 Å². The van der Waals surface area contributed by atoms with E-state index in [4.69, 9.17) is 0 Å². The highest BCUT2D eigenvalue weighted by molar-refractivity contribution is 6.34.